The molecule has 0 bridgehead atoms. The molecule has 92 valence electrons. The molecule has 0 aliphatic carbocycles. The van der Waals surface area contributed by atoms with Crippen LogP contribution in [-0.2, 0) is 9.59 Å². The van der Waals surface area contributed by atoms with E-state index in [2.05, 4.69) is 17.6 Å². The van der Waals surface area contributed by atoms with Crippen LogP contribution in [0.5, 0.6) is 0 Å². The number of hydrogen-bond donors (Lipinski definition) is 2. The predicted molar refractivity (Wildman–Crippen MR) is 62.0 cm³/mol. The quantitative estimate of drug-likeness (QED) is 0.679. The third-order valence-corrected chi connectivity index (χ3v) is 2.65. The first-order valence-electron chi connectivity index (χ1n) is 5.91. The van der Waals surface area contributed by atoms with Crippen molar-refractivity contribution in [2.45, 2.75) is 32.7 Å². The van der Waals surface area contributed by atoms with Crippen LogP contribution < -0.4 is 10.6 Å². The van der Waals surface area contributed by atoms with Crippen molar-refractivity contribution in [3.8, 4) is 0 Å². The zero-order valence-corrected chi connectivity index (χ0v) is 10.1. The number of amides is 2. The first-order chi connectivity index (χ1) is 7.63. The second-order valence-electron chi connectivity index (χ2n) is 4.25. The van der Waals surface area contributed by atoms with Crippen molar-refractivity contribution in [3.63, 3.8) is 0 Å². The van der Waals surface area contributed by atoms with Gasteiger partial charge in [-0.3, -0.25) is 9.59 Å². The van der Waals surface area contributed by atoms with Gasteiger partial charge in [0.05, 0.1) is 13.1 Å². The molecule has 1 aliphatic rings. The first kappa shape index (κ1) is 13.0. The van der Waals surface area contributed by atoms with Gasteiger partial charge in [0.1, 0.15) is 0 Å². The van der Waals surface area contributed by atoms with E-state index in [9.17, 15) is 9.59 Å². The lowest BCUT2D eigenvalue weighted by Gasteiger charge is -2.27. The molecule has 2 amide bonds. The summed E-state index contributed by atoms with van der Waals surface area (Å²) in [5.41, 5.74) is 0. The van der Waals surface area contributed by atoms with E-state index in [0.717, 1.165) is 19.4 Å². The minimum atomic E-state index is -0.0591. The van der Waals surface area contributed by atoms with Gasteiger partial charge in [0.2, 0.25) is 11.8 Å². The number of carbonyl (C=O) groups excluding carboxylic acids is 2. The molecule has 5 heteroatoms. The SMILES string of the molecule is CCCC(C)NC(=O)CN1CCNCC1=O. The molecule has 0 spiro atoms. The van der Waals surface area contributed by atoms with E-state index in [1.54, 1.807) is 4.90 Å². The van der Waals surface area contributed by atoms with Crippen molar-refractivity contribution in [1.29, 1.82) is 0 Å². The van der Waals surface area contributed by atoms with Gasteiger partial charge in [0, 0.05) is 19.1 Å². The van der Waals surface area contributed by atoms with Crippen LogP contribution >= 0.6 is 0 Å². The standard InChI is InChI=1S/C11H21N3O2/c1-3-4-9(2)13-10(15)8-14-6-5-12-7-11(14)16/h9,12H,3-8H2,1-2H3,(H,13,15). The van der Waals surface area contributed by atoms with Crippen LogP contribution in [0.1, 0.15) is 26.7 Å². The fraction of sp³-hybridized carbons (Fsp3) is 0.818. The molecular weight excluding hydrogens is 206 g/mol. The monoisotopic (exact) mass is 227 g/mol. The number of piperazine rings is 1. The third kappa shape index (κ3) is 4.18. The maximum Gasteiger partial charge on any atom is 0.239 e. The van der Waals surface area contributed by atoms with Gasteiger partial charge in [-0.2, -0.15) is 0 Å². The fourth-order valence-electron chi connectivity index (χ4n) is 1.81. The zero-order valence-electron chi connectivity index (χ0n) is 10.1. The van der Waals surface area contributed by atoms with Crippen LogP contribution in [0.15, 0.2) is 0 Å². The largest absolute Gasteiger partial charge is 0.352 e. The average Bonchev–Trinajstić information content (AvgIpc) is 2.21. The van der Waals surface area contributed by atoms with Gasteiger partial charge in [-0.05, 0) is 13.3 Å². The van der Waals surface area contributed by atoms with Crippen molar-refractivity contribution >= 4 is 11.8 Å². The van der Waals surface area contributed by atoms with Crippen LogP contribution in [0.2, 0.25) is 0 Å². The second kappa shape index (κ2) is 6.48. The highest BCUT2D eigenvalue weighted by molar-refractivity contribution is 5.86. The molecule has 2 N–H and O–H groups in total. The third-order valence-electron chi connectivity index (χ3n) is 2.65. The molecule has 1 saturated heterocycles. The van der Waals surface area contributed by atoms with Gasteiger partial charge < -0.3 is 15.5 Å². The molecule has 0 aromatic rings. The number of nitrogens with one attached hydrogen (secondary N) is 2. The number of rotatable bonds is 5. The van der Waals surface area contributed by atoms with E-state index in [-0.39, 0.29) is 24.4 Å². The van der Waals surface area contributed by atoms with Gasteiger partial charge in [-0.25, -0.2) is 0 Å². The highest BCUT2D eigenvalue weighted by atomic mass is 16.2. The molecule has 0 aromatic heterocycles. The maximum absolute atomic E-state index is 11.6. The number of hydrogen-bond acceptors (Lipinski definition) is 3. The summed E-state index contributed by atoms with van der Waals surface area (Å²) in [7, 11) is 0. The molecule has 5 nitrogen and oxygen atoms in total. The van der Waals surface area contributed by atoms with Gasteiger partial charge in [0.25, 0.3) is 0 Å². The predicted octanol–water partition coefficient (Wildman–Crippen LogP) is -0.277. The van der Waals surface area contributed by atoms with Gasteiger partial charge in [-0.1, -0.05) is 13.3 Å². The molecule has 0 saturated carbocycles. The van der Waals surface area contributed by atoms with Gasteiger partial charge in [0.15, 0.2) is 0 Å². The topological polar surface area (TPSA) is 61.4 Å². The minimum absolute atomic E-state index is 0.00421. The van der Waals surface area contributed by atoms with E-state index in [1.165, 1.54) is 0 Å². The lowest BCUT2D eigenvalue weighted by molar-refractivity contribution is -0.136. The molecule has 0 aromatic carbocycles. The summed E-state index contributed by atoms with van der Waals surface area (Å²) in [4.78, 5) is 24.6. The molecule has 1 unspecified atom stereocenters. The Morgan fingerprint density at radius 1 is 1.62 bits per heavy atom. The number of nitrogens with zero attached hydrogens (tertiary/aromatic N) is 1. The van der Waals surface area contributed by atoms with Crippen LogP contribution in [0.3, 0.4) is 0 Å². The molecule has 1 aliphatic heterocycles. The fourth-order valence-corrected chi connectivity index (χ4v) is 1.81. The second-order valence-corrected chi connectivity index (χ2v) is 4.25. The summed E-state index contributed by atoms with van der Waals surface area (Å²) in [6.07, 6.45) is 2.02. The van der Waals surface area contributed by atoms with E-state index in [4.69, 9.17) is 0 Å². The summed E-state index contributed by atoms with van der Waals surface area (Å²) < 4.78 is 0. The Bertz CT molecular complexity index is 256. The van der Waals surface area contributed by atoms with Crippen LogP contribution in [-0.4, -0.2) is 48.9 Å². The Morgan fingerprint density at radius 2 is 2.38 bits per heavy atom. The van der Waals surface area contributed by atoms with Gasteiger partial charge in [-0.15, -0.1) is 0 Å². The first-order valence-corrected chi connectivity index (χ1v) is 5.91. The Kier molecular flexibility index (Phi) is 5.25. The Morgan fingerprint density at radius 3 is 3.00 bits per heavy atom. The van der Waals surface area contributed by atoms with E-state index in [1.807, 2.05) is 6.92 Å². The molecule has 0 radical (unpaired) electrons. The van der Waals surface area contributed by atoms with E-state index >= 15 is 0 Å². The average molecular weight is 227 g/mol. The Hall–Kier alpha value is -1.10. The van der Waals surface area contributed by atoms with Gasteiger partial charge >= 0.3 is 0 Å². The summed E-state index contributed by atoms with van der Waals surface area (Å²) >= 11 is 0. The van der Waals surface area contributed by atoms with Crippen molar-refractivity contribution in [1.82, 2.24) is 15.5 Å². The Balaban J connectivity index is 2.30. The van der Waals surface area contributed by atoms with E-state index in [0.29, 0.717) is 13.1 Å². The molecule has 1 rings (SSSR count). The van der Waals surface area contributed by atoms with Crippen molar-refractivity contribution in [2.75, 3.05) is 26.2 Å². The zero-order chi connectivity index (χ0) is 12.0. The smallest absolute Gasteiger partial charge is 0.239 e. The van der Waals surface area contributed by atoms with Crippen LogP contribution in [0, 0.1) is 0 Å². The summed E-state index contributed by atoms with van der Waals surface area (Å²) in [6, 6.07) is 0.190. The molecular formula is C11H21N3O2. The minimum Gasteiger partial charge on any atom is -0.352 e. The Labute approximate surface area is 96.6 Å². The lowest BCUT2D eigenvalue weighted by Crippen LogP contribution is -2.52. The number of carbonyl (C=O) groups is 2. The van der Waals surface area contributed by atoms with Crippen molar-refractivity contribution in [3.05, 3.63) is 0 Å². The molecule has 1 atom stereocenters. The molecule has 1 fully saturated rings. The molecule has 16 heavy (non-hydrogen) atoms. The highest BCUT2D eigenvalue weighted by Gasteiger charge is 2.20. The van der Waals surface area contributed by atoms with Crippen LogP contribution in [0.4, 0.5) is 0 Å². The summed E-state index contributed by atoms with van der Waals surface area (Å²) in [5, 5.41) is 5.87. The maximum atomic E-state index is 11.6. The van der Waals surface area contributed by atoms with Crippen molar-refractivity contribution < 1.29 is 9.59 Å². The summed E-state index contributed by atoms with van der Waals surface area (Å²) in [5.74, 6) is -0.0549. The van der Waals surface area contributed by atoms with Crippen molar-refractivity contribution in [2.24, 2.45) is 0 Å². The lowest BCUT2D eigenvalue weighted by atomic mass is 10.2. The summed E-state index contributed by atoms with van der Waals surface area (Å²) in [6.45, 7) is 5.99. The molecule has 1 heterocycles. The highest BCUT2D eigenvalue weighted by Crippen LogP contribution is 1.97. The van der Waals surface area contributed by atoms with Crippen LogP contribution in [0.25, 0.3) is 0 Å². The normalized spacial score (nSPS) is 18.4. The van der Waals surface area contributed by atoms with E-state index < -0.39 is 0 Å².